The summed E-state index contributed by atoms with van der Waals surface area (Å²) in [5, 5.41) is 0. The quantitative estimate of drug-likeness (QED) is 0.798. The standard InChI is InChI=1S/C18H18N2O5S/c1-26(23,24)20-9-8-14-10-15(6-7-16(14)20)18(22)25-11-12-2-4-13(5-3-12)17(19)21/h2-7,10H,8-9,11H2,1H3,(H2,19,21). The molecule has 26 heavy (non-hydrogen) atoms. The Labute approximate surface area is 151 Å². The summed E-state index contributed by atoms with van der Waals surface area (Å²) in [7, 11) is -3.32. The number of sulfonamides is 1. The summed E-state index contributed by atoms with van der Waals surface area (Å²) >= 11 is 0. The number of hydrogen-bond donors (Lipinski definition) is 1. The highest BCUT2D eigenvalue weighted by atomic mass is 32.2. The van der Waals surface area contributed by atoms with Crippen molar-refractivity contribution in [1.82, 2.24) is 0 Å². The normalized spacial score (nSPS) is 13.3. The summed E-state index contributed by atoms with van der Waals surface area (Å²) in [6.07, 6.45) is 1.71. The van der Waals surface area contributed by atoms with Gasteiger partial charge in [0.15, 0.2) is 0 Å². The molecular formula is C18H18N2O5S. The molecule has 1 aliphatic rings. The molecule has 1 amide bonds. The number of carbonyl (C=O) groups is 2. The van der Waals surface area contributed by atoms with Crippen molar-refractivity contribution in [2.75, 3.05) is 17.1 Å². The molecule has 0 atom stereocenters. The lowest BCUT2D eigenvalue weighted by Crippen LogP contribution is -2.27. The van der Waals surface area contributed by atoms with E-state index in [-0.39, 0.29) is 6.61 Å². The number of benzene rings is 2. The van der Waals surface area contributed by atoms with Crippen LogP contribution in [0.5, 0.6) is 0 Å². The molecule has 0 fully saturated rings. The Kier molecular flexibility index (Phi) is 4.69. The van der Waals surface area contributed by atoms with Crippen molar-refractivity contribution in [3.05, 3.63) is 64.7 Å². The van der Waals surface area contributed by atoms with Crippen molar-refractivity contribution in [3.8, 4) is 0 Å². The van der Waals surface area contributed by atoms with Gasteiger partial charge in [0.25, 0.3) is 0 Å². The maximum Gasteiger partial charge on any atom is 0.338 e. The summed E-state index contributed by atoms with van der Waals surface area (Å²) in [4.78, 5) is 23.3. The van der Waals surface area contributed by atoms with Gasteiger partial charge in [-0.2, -0.15) is 0 Å². The molecule has 1 heterocycles. The third kappa shape index (κ3) is 3.70. The molecule has 0 bridgehead atoms. The Hall–Kier alpha value is -2.87. The van der Waals surface area contributed by atoms with Crippen LogP contribution in [0.4, 0.5) is 5.69 Å². The molecule has 0 aromatic heterocycles. The van der Waals surface area contributed by atoms with Crippen LogP contribution >= 0.6 is 0 Å². The zero-order valence-corrected chi connectivity index (χ0v) is 15.0. The van der Waals surface area contributed by atoms with Gasteiger partial charge < -0.3 is 10.5 Å². The van der Waals surface area contributed by atoms with E-state index in [1.54, 1.807) is 42.5 Å². The van der Waals surface area contributed by atoms with E-state index in [0.29, 0.717) is 29.8 Å². The molecule has 2 N–H and O–H groups in total. The average Bonchev–Trinajstić information content (AvgIpc) is 3.03. The monoisotopic (exact) mass is 374 g/mol. The van der Waals surface area contributed by atoms with Gasteiger partial charge in [0.1, 0.15) is 6.61 Å². The largest absolute Gasteiger partial charge is 0.457 e. The summed E-state index contributed by atoms with van der Waals surface area (Å²) in [5.41, 5.74) is 8.06. The van der Waals surface area contributed by atoms with E-state index in [4.69, 9.17) is 10.5 Å². The molecule has 2 aromatic rings. The maximum absolute atomic E-state index is 12.2. The lowest BCUT2D eigenvalue weighted by molar-refractivity contribution is 0.0472. The molecule has 1 aliphatic heterocycles. The van der Waals surface area contributed by atoms with Crippen LogP contribution < -0.4 is 10.0 Å². The Morgan fingerprint density at radius 3 is 2.38 bits per heavy atom. The van der Waals surface area contributed by atoms with E-state index in [2.05, 4.69) is 0 Å². The minimum atomic E-state index is -3.32. The highest BCUT2D eigenvalue weighted by molar-refractivity contribution is 7.92. The number of nitrogens with two attached hydrogens (primary N) is 1. The first-order chi connectivity index (χ1) is 12.3. The van der Waals surface area contributed by atoms with Crippen molar-refractivity contribution < 1.29 is 22.7 Å². The molecular weight excluding hydrogens is 356 g/mol. The molecule has 136 valence electrons. The minimum absolute atomic E-state index is 0.0599. The van der Waals surface area contributed by atoms with Crippen molar-refractivity contribution in [2.45, 2.75) is 13.0 Å². The molecule has 0 spiro atoms. The average molecular weight is 374 g/mol. The van der Waals surface area contributed by atoms with Crippen molar-refractivity contribution in [1.29, 1.82) is 0 Å². The first-order valence-electron chi connectivity index (χ1n) is 7.92. The Balaban J connectivity index is 1.68. The number of amides is 1. The van der Waals surface area contributed by atoms with Crippen molar-refractivity contribution in [3.63, 3.8) is 0 Å². The van der Waals surface area contributed by atoms with Gasteiger partial charge in [0.05, 0.1) is 17.5 Å². The van der Waals surface area contributed by atoms with Crippen LogP contribution in [0.1, 0.15) is 31.8 Å². The van der Waals surface area contributed by atoms with Crippen molar-refractivity contribution >= 4 is 27.6 Å². The van der Waals surface area contributed by atoms with E-state index in [1.807, 2.05) is 0 Å². The Morgan fingerprint density at radius 1 is 1.12 bits per heavy atom. The third-order valence-corrected chi connectivity index (χ3v) is 5.36. The van der Waals surface area contributed by atoms with E-state index >= 15 is 0 Å². The van der Waals surface area contributed by atoms with Crippen LogP contribution in [0.3, 0.4) is 0 Å². The minimum Gasteiger partial charge on any atom is -0.457 e. The van der Waals surface area contributed by atoms with Crippen molar-refractivity contribution in [2.24, 2.45) is 5.73 Å². The highest BCUT2D eigenvalue weighted by Gasteiger charge is 2.26. The summed E-state index contributed by atoms with van der Waals surface area (Å²) in [6, 6.07) is 11.3. The number of fused-ring (bicyclic) bond motifs is 1. The fourth-order valence-electron chi connectivity index (χ4n) is 2.84. The van der Waals surface area contributed by atoms with E-state index in [1.165, 1.54) is 4.31 Å². The van der Waals surface area contributed by atoms with Gasteiger partial charge in [-0.1, -0.05) is 12.1 Å². The molecule has 0 saturated carbocycles. The second-order valence-corrected chi connectivity index (χ2v) is 7.97. The van der Waals surface area contributed by atoms with Gasteiger partial charge in [0, 0.05) is 12.1 Å². The van der Waals surface area contributed by atoms with Crippen LogP contribution in [-0.2, 0) is 27.8 Å². The summed E-state index contributed by atoms with van der Waals surface area (Å²) in [6.45, 7) is 0.434. The molecule has 0 aliphatic carbocycles. The highest BCUT2D eigenvalue weighted by Crippen LogP contribution is 2.30. The predicted molar refractivity (Wildman–Crippen MR) is 96.4 cm³/mol. The molecule has 0 radical (unpaired) electrons. The van der Waals surface area contributed by atoms with E-state index < -0.39 is 21.9 Å². The van der Waals surface area contributed by atoms with Crippen LogP contribution in [0.2, 0.25) is 0 Å². The number of nitrogens with zero attached hydrogens (tertiary/aromatic N) is 1. The number of carbonyl (C=O) groups excluding carboxylic acids is 2. The van der Waals surface area contributed by atoms with Gasteiger partial charge in [-0.3, -0.25) is 9.10 Å². The third-order valence-electron chi connectivity index (χ3n) is 4.18. The van der Waals surface area contributed by atoms with Gasteiger partial charge in [0.2, 0.25) is 15.9 Å². The second kappa shape index (κ2) is 6.80. The lowest BCUT2D eigenvalue weighted by Gasteiger charge is -2.16. The van der Waals surface area contributed by atoms with Gasteiger partial charge in [-0.15, -0.1) is 0 Å². The zero-order chi connectivity index (χ0) is 18.9. The Bertz CT molecular complexity index is 968. The molecule has 0 saturated heterocycles. The number of rotatable bonds is 5. The fraction of sp³-hybridized carbons (Fsp3) is 0.222. The molecule has 3 rings (SSSR count). The zero-order valence-electron chi connectivity index (χ0n) is 14.1. The number of primary amides is 1. The van der Waals surface area contributed by atoms with Gasteiger partial charge in [-0.25, -0.2) is 13.2 Å². The predicted octanol–water partition coefficient (Wildman–Crippen LogP) is 1.46. The van der Waals surface area contributed by atoms with E-state index in [0.717, 1.165) is 17.4 Å². The van der Waals surface area contributed by atoms with E-state index in [9.17, 15) is 18.0 Å². The van der Waals surface area contributed by atoms with Crippen LogP contribution in [-0.4, -0.2) is 33.1 Å². The van der Waals surface area contributed by atoms with Crippen LogP contribution in [0.25, 0.3) is 0 Å². The smallest absolute Gasteiger partial charge is 0.338 e. The topological polar surface area (TPSA) is 107 Å². The van der Waals surface area contributed by atoms with Crippen LogP contribution in [0.15, 0.2) is 42.5 Å². The number of hydrogen-bond acceptors (Lipinski definition) is 5. The molecule has 8 heteroatoms. The molecule has 2 aromatic carbocycles. The first-order valence-corrected chi connectivity index (χ1v) is 9.77. The van der Waals surface area contributed by atoms with Gasteiger partial charge in [-0.05, 0) is 47.9 Å². The number of esters is 1. The Morgan fingerprint density at radius 2 is 1.77 bits per heavy atom. The van der Waals surface area contributed by atoms with Gasteiger partial charge >= 0.3 is 5.97 Å². The number of anilines is 1. The summed E-state index contributed by atoms with van der Waals surface area (Å²) < 4.78 is 30.1. The fourth-order valence-corrected chi connectivity index (χ4v) is 3.80. The second-order valence-electron chi connectivity index (χ2n) is 6.07. The SMILES string of the molecule is CS(=O)(=O)N1CCc2cc(C(=O)OCc3ccc(C(N)=O)cc3)ccc21. The maximum atomic E-state index is 12.2. The lowest BCUT2D eigenvalue weighted by atomic mass is 10.1. The molecule has 7 nitrogen and oxygen atoms in total. The first kappa shape index (κ1) is 17.9. The summed E-state index contributed by atoms with van der Waals surface area (Å²) in [5.74, 6) is -1.01. The van der Waals surface area contributed by atoms with Crippen LogP contribution in [0, 0.1) is 0 Å². The number of ether oxygens (including phenoxy) is 1. The molecule has 0 unspecified atom stereocenters.